The van der Waals surface area contributed by atoms with Gasteiger partial charge in [-0.3, -0.25) is 0 Å². The molecule has 0 aliphatic carbocycles. The van der Waals surface area contributed by atoms with E-state index in [1.807, 2.05) is 0 Å². The summed E-state index contributed by atoms with van der Waals surface area (Å²) >= 11 is 9.50. The fourth-order valence-corrected chi connectivity index (χ4v) is 4.26. The minimum atomic E-state index is -1.25. The Kier molecular flexibility index (Phi) is 9.63. The normalized spacial score (nSPS) is 15.6. The third-order valence-corrected chi connectivity index (χ3v) is 5.97. The fraction of sp³-hybridized carbons (Fsp3) is 0.364. The quantitative estimate of drug-likeness (QED) is 0.312. The number of aliphatic hydroxyl groups excluding tert-OH is 1. The van der Waals surface area contributed by atoms with Crippen molar-refractivity contribution in [3.05, 3.63) is 51.5 Å². The number of hydrogen-bond donors (Lipinski definition) is 4. The summed E-state index contributed by atoms with van der Waals surface area (Å²) in [4.78, 5) is 20.0. The number of ether oxygens (including phenoxy) is 1. The zero-order valence-corrected chi connectivity index (χ0v) is 20.5. The molecule has 34 heavy (non-hydrogen) atoms. The van der Waals surface area contributed by atoms with Gasteiger partial charge in [-0.1, -0.05) is 27.5 Å². The summed E-state index contributed by atoms with van der Waals surface area (Å²) < 4.78 is 23.5. The van der Waals surface area contributed by atoms with E-state index >= 15 is 4.39 Å². The average Bonchev–Trinajstić information content (AvgIpc) is 3.21. The number of nitrogens with one attached hydrogen (secondary N) is 1. The molecule has 184 valence electrons. The second-order valence-electron chi connectivity index (χ2n) is 7.52. The molecule has 0 radical (unpaired) electrons. The maximum Gasteiger partial charge on any atom is 0.338 e. The number of aromatic carboxylic acids is 1. The largest absolute Gasteiger partial charge is 0.478 e. The zero-order chi connectivity index (χ0) is 24.7. The number of carboxylic acid groups (broad SMARTS) is 1. The number of carboxylic acids is 1. The summed E-state index contributed by atoms with van der Waals surface area (Å²) in [6, 6.07) is 6.44. The SMILES string of the molecule is NOCCO.O=C(O)c1cc2c(ncn2CC2CCCCO2)c(F)c1Nc1ccc(Br)cc1Cl. The number of carbonyl (C=O) groups is 1. The number of anilines is 2. The Bertz CT molecular complexity index is 1140. The first-order valence-electron chi connectivity index (χ1n) is 10.5. The summed E-state index contributed by atoms with van der Waals surface area (Å²) in [5.41, 5.74) is 0.544. The van der Waals surface area contributed by atoms with Crippen molar-refractivity contribution in [2.75, 3.05) is 25.1 Å². The molecule has 5 N–H and O–H groups in total. The van der Waals surface area contributed by atoms with Gasteiger partial charge in [0.25, 0.3) is 0 Å². The van der Waals surface area contributed by atoms with E-state index in [9.17, 15) is 9.90 Å². The van der Waals surface area contributed by atoms with Crippen molar-refractivity contribution in [2.45, 2.75) is 31.9 Å². The van der Waals surface area contributed by atoms with Crippen molar-refractivity contribution in [1.29, 1.82) is 0 Å². The fourth-order valence-electron chi connectivity index (χ4n) is 3.54. The number of nitrogens with zero attached hydrogens (tertiary/aromatic N) is 2. The molecule has 9 nitrogen and oxygen atoms in total. The minimum Gasteiger partial charge on any atom is -0.478 e. The van der Waals surface area contributed by atoms with Crippen molar-refractivity contribution >= 4 is 55.9 Å². The van der Waals surface area contributed by atoms with Crippen LogP contribution in [0.4, 0.5) is 15.8 Å². The second kappa shape index (κ2) is 12.4. The van der Waals surface area contributed by atoms with Crippen molar-refractivity contribution in [3.8, 4) is 0 Å². The van der Waals surface area contributed by atoms with Crippen LogP contribution in [0, 0.1) is 5.82 Å². The topological polar surface area (TPSA) is 132 Å². The van der Waals surface area contributed by atoms with Gasteiger partial charge in [-0.25, -0.2) is 20.1 Å². The molecule has 1 unspecified atom stereocenters. The molecular formula is C22H25BrClFN4O5. The summed E-state index contributed by atoms with van der Waals surface area (Å²) in [5.74, 6) is 2.50. The van der Waals surface area contributed by atoms with Crippen molar-refractivity contribution in [2.24, 2.45) is 5.90 Å². The number of hydrogen-bond acceptors (Lipinski definition) is 7. The molecule has 12 heteroatoms. The van der Waals surface area contributed by atoms with Gasteiger partial charge in [-0.05, 0) is 43.5 Å². The van der Waals surface area contributed by atoms with Crippen LogP contribution >= 0.6 is 27.5 Å². The number of imidazole rings is 1. The number of benzene rings is 2. The molecule has 1 fully saturated rings. The molecule has 1 aliphatic rings. The highest BCUT2D eigenvalue weighted by molar-refractivity contribution is 9.10. The van der Waals surface area contributed by atoms with E-state index in [2.05, 4.69) is 37.0 Å². The Hall–Kier alpha value is -2.28. The van der Waals surface area contributed by atoms with Crippen LogP contribution in [0.5, 0.6) is 0 Å². The number of aromatic nitrogens is 2. The highest BCUT2D eigenvalue weighted by Crippen LogP contribution is 2.34. The summed E-state index contributed by atoms with van der Waals surface area (Å²) in [7, 11) is 0. The van der Waals surface area contributed by atoms with E-state index in [4.69, 9.17) is 21.4 Å². The molecule has 3 aromatic rings. The molecule has 0 bridgehead atoms. The van der Waals surface area contributed by atoms with Crippen LogP contribution in [0.3, 0.4) is 0 Å². The lowest BCUT2D eigenvalue weighted by molar-refractivity contribution is 0.00661. The first-order valence-corrected chi connectivity index (χ1v) is 11.7. The Balaban J connectivity index is 0.000000588. The Labute approximate surface area is 208 Å². The van der Waals surface area contributed by atoms with Gasteiger partial charge in [-0.15, -0.1) is 0 Å². The van der Waals surface area contributed by atoms with Gasteiger partial charge < -0.3 is 29.7 Å². The van der Waals surface area contributed by atoms with Crippen molar-refractivity contribution in [1.82, 2.24) is 9.55 Å². The highest BCUT2D eigenvalue weighted by Gasteiger charge is 2.23. The van der Waals surface area contributed by atoms with E-state index in [0.29, 0.717) is 29.4 Å². The Morgan fingerprint density at radius 2 is 2.21 bits per heavy atom. The third-order valence-electron chi connectivity index (χ3n) is 5.16. The van der Waals surface area contributed by atoms with Crippen LogP contribution in [0.15, 0.2) is 35.1 Å². The van der Waals surface area contributed by atoms with Crippen molar-refractivity contribution < 1.29 is 29.0 Å². The molecule has 2 heterocycles. The third kappa shape index (κ3) is 6.44. The average molecular weight is 560 g/mol. The Morgan fingerprint density at radius 3 is 2.79 bits per heavy atom. The van der Waals surface area contributed by atoms with E-state index in [1.165, 1.54) is 12.4 Å². The maximum absolute atomic E-state index is 15.3. The molecule has 1 aromatic heterocycles. The first-order chi connectivity index (χ1) is 16.3. The second-order valence-corrected chi connectivity index (χ2v) is 8.84. The van der Waals surface area contributed by atoms with E-state index in [1.54, 1.807) is 22.8 Å². The molecule has 1 atom stereocenters. The van der Waals surface area contributed by atoms with Crippen LogP contribution in [0.1, 0.15) is 29.6 Å². The molecule has 0 spiro atoms. The lowest BCUT2D eigenvalue weighted by atomic mass is 10.1. The van der Waals surface area contributed by atoms with E-state index < -0.39 is 11.8 Å². The first kappa shape index (κ1) is 26.3. The summed E-state index contributed by atoms with van der Waals surface area (Å²) in [6.45, 7) is 1.42. The van der Waals surface area contributed by atoms with E-state index in [-0.39, 0.29) is 36.1 Å². The predicted molar refractivity (Wildman–Crippen MR) is 130 cm³/mol. The predicted octanol–water partition coefficient (Wildman–Crippen LogP) is 4.47. The number of nitrogens with two attached hydrogens (primary N) is 1. The van der Waals surface area contributed by atoms with Gasteiger partial charge in [0, 0.05) is 11.1 Å². The summed E-state index contributed by atoms with van der Waals surface area (Å²) in [5, 5.41) is 20.7. The lowest BCUT2D eigenvalue weighted by Crippen LogP contribution is -2.24. The highest BCUT2D eigenvalue weighted by atomic mass is 79.9. The van der Waals surface area contributed by atoms with Gasteiger partial charge in [0.15, 0.2) is 5.82 Å². The molecule has 1 aliphatic heterocycles. The molecular weight excluding hydrogens is 535 g/mol. The monoisotopic (exact) mass is 558 g/mol. The van der Waals surface area contributed by atoms with Crippen LogP contribution < -0.4 is 11.2 Å². The minimum absolute atomic E-state index is 0.00347. The van der Waals surface area contributed by atoms with Gasteiger partial charge in [0.05, 0.1) is 59.7 Å². The van der Waals surface area contributed by atoms with Crippen LogP contribution in [-0.2, 0) is 16.1 Å². The van der Waals surface area contributed by atoms with Crippen LogP contribution in [0.25, 0.3) is 11.0 Å². The molecule has 0 saturated carbocycles. The van der Waals surface area contributed by atoms with E-state index in [0.717, 1.165) is 23.7 Å². The molecule has 1 saturated heterocycles. The van der Waals surface area contributed by atoms with Gasteiger partial charge >= 0.3 is 5.97 Å². The molecule has 2 aromatic carbocycles. The number of aliphatic hydroxyl groups is 1. The molecule has 4 rings (SSSR count). The van der Waals surface area contributed by atoms with Crippen LogP contribution in [-0.4, -0.2) is 51.7 Å². The standard InChI is InChI=1S/C20H18BrClFN3O3.C2H7NO2/c21-11-4-5-15(14(22)7-11)25-18-13(20(27)28)8-16-19(17(18)23)24-10-26(16)9-12-3-1-2-6-29-12;3-5-2-1-4/h4-5,7-8,10,12,25H,1-3,6,9H2,(H,27,28);4H,1-3H2. The van der Waals surface area contributed by atoms with Gasteiger partial charge in [-0.2, -0.15) is 0 Å². The number of halogens is 3. The number of fused-ring (bicyclic) bond motifs is 1. The number of rotatable bonds is 7. The van der Waals surface area contributed by atoms with Gasteiger partial charge in [0.2, 0.25) is 0 Å². The van der Waals surface area contributed by atoms with Crippen molar-refractivity contribution in [3.63, 3.8) is 0 Å². The van der Waals surface area contributed by atoms with Crippen LogP contribution in [0.2, 0.25) is 5.02 Å². The maximum atomic E-state index is 15.3. The lowest BCUT2D eigenvalue weighted by Gasteiger charge is -2.23. The summed E-state index contributed by atoms with van der Waals surface area (Å²) in [6.07, 6.45) is 4.56. The smallest absolute Gasteiger partial charge is 0.338 e. The Morgan fingerprint density at radius 1 is 1.41 bits per heavy atom. The zero-order valence-electron chi connectivity index (χ0n) is 18.1. The van der Waals surface area contributed by atoms with Gasteiger partial charge in [0.1, 0.15) is 5.52 Å². The molecule has 0 amide bonds.